The topological polar surface area (TPSA) is 44.3 Å². The molecule has 1 fully saturated rings. The normalized spacial score (nSPS) is 17.3. The zero-order valence-electron chi connectivity index (χ0n) is 11.7. The van der Waals surface area contributed by atoms with Gasteiger partial charge >= 0.3 is 0 Å². The SMILES string of the molecule is CCCNc1ncc(F)c(N2CCCN(C)CC2)n1. The summed E-state index contributed by atoms with van der Waals surface area (Å²) in [6.07, 6.45) is 3.27. The van der Waals surface area contributed by atoms with Crippen molar-refractivity contribution in [3.63, 3.8) is 0 Å². The van der Waals surface area contributed by atoms with Gasteiger partial charge in [0.15, 0.2) is 11.6 Å². The average Bonchev–Trinajstić information content (AvgIpc) is 2.63. The first kappa shape index (κ1) is 14.0. The molecule has 106 valence electrons. The molecule has 0 saturated carbocycles. The Bertz CT molecular complexity index is 412. The fourth-order valence-corrected chi connectivity index (χ4v) is 2.16. The van der Waals surface area contributed by atoms with E-state index in [-0.39, 0.29) is 5.82 Å². The van der Waals surface area contributed by atoms with Crippen LogP contribution in [0.15, 0.2) is 6.20 Å². The molecule has 1 N–H and O–H groups in total. The maximum absolute atomic E-state index is 13.9. The van der Waals surface area contributed by atoms with Gasteiger partial charge in [-0.1, -0.05) is 6.92 Å². The monoisotopic (exact) mass is 267 g/mol. The molecule has 0 radical (unpaired) electrons. The highest BCUT2D eigenvalue weighted by Crippen LogP contribution is 2.18. The second kappa shape index (κ2) is 6.65. The summed E-state index contributed by atoms with van der Waals surface area (Å²) in [7, 11) is 2.09. The number of nitrogens with one attached hydrogen (secondary N) is 1. The van der Waals surface area contributed by atoms with E-state index in [1.807, 2.05) is 4.90 Å². The van der Waals surface area contributed by atoms with Crippen LogP contribution < -0.4 is 10.2 Å². The zero-order valence-corrected chi connectivity index (χ0v) is 11.7. The fourth-order valence-electron chi connectivity index (χ4n) is 2.16. The van der Waals surface area contributed by atoms with Crippen molar-refractivity contribution in [2.24, 2.45) is 0 Å². The van der Waals surface area contributed by atoms with E-state index in [1.165, 1.54) is 6.20 Å². The summed E-state index contributed by atoms with van der Waals surface area (Å²) in [6.45, 7) is 6.49. The van der Waals surface area contributed by atoms with Crippen LogP contribution in [0.4, 0.5) is 16.2 Å². The lowest BCUT2D eigenvalue weighted by Crippen LogP contribution is -2.30. The number of hydrogen-bond donors (Lipinski definition) is 1. The van der Waals surface area contributed by atoms with E-state index in [9.17, 15) is 4.39 Å². The maximum Gasteiger partial charge on any atom is 0.224 e. The van der Waals surface area contributed by atoms with Gasteiger partial charge in [0.2, 0.25) is 5.95 Å². The van der Waals surface area contributed by atoms with Crippen LogP contribution in [0.2, 0.25) is 0 Å². The third kappa shape index (κ3) is 3.76. The third-order valence-corrected chi connectivity index (χ3v) is 3.28. The van der Waals surface area contributed by atoms with Crippen molar-refractivity contribution in [2.45, 2.75) is 19.8 Å². The summed E-state index contributed by atoms with van der Waals surface area (Å²) in [5.74, 6) is 0.589. The number of likely N-dealkylation sites (N-methyl/N-ethyl adjacent to an activating group) is 1. The Balaban J connectivity index is 2.12. The Kier molecular flexibility index (Phi) is 4.90. The molecule has 0 atom stereocenters. The first-order valence-corrected chi connectivity index (χ1v) is 6.90. The lowest BCUT2D eigenvalue weighted by atomic mass is 10.3. The van der Waals surface area contributed by atoms with Crippen molar-refractivity contribution >= 4 is 11.8 Å². The van der Waals surface area contributed by atoms with E-state index in [2.05, 4.69) is 34.2 Å². The summed E-state index contributed by atoms with van der Waals surface area (Å²) in [4.78, 5) is 12.6. The Morgan fingerprint density at radius 2 is 2.16 bits per heavy atom. The molecule has 1 saturated heterocycles. The Hall–Kier alpha value is -1.43. The largest absolute Gasteiger partial charge is 0.354 e. The van der Waals surface area contributed by atoms with E-state index in [0.29, 0.717) is 11.8 Å². The molecule has 0 unspecified atom stereocenters. The third-order valence-electron chi connectivity index (χ3n) is 3.28. The summed E-state index contributed by atoms with van der Waals surface area (Å²) in [5.41, 5.74) is 0. The number of anilines is 2. The summed E-state index contributed by atoms with van der Waals surface area (Å²) in [6, 6.07) is 0. The average molecular weight is 267 g/mol. The minimum Gasteiger partial charge on any atom is -0.354 e. The van der Waals surface area contributed by atoms with Crippen LogP contribution in [0.3, 0.4) is 0 Å². The van der Waals surface area contributed by atoms with Gasteiger partial charge < -0.3 is 15.1 Å². The van der Waals surface area contributed by atoms with E-state index in [4.69, 9.17) is 0 Å². The number of nitrogens with zero attached hydrogens (tertiary/aromatic N) is 4. The van der Waals surface area contributed by atoms with E-state index >= 15 is 0 Å². The fraction of sp³-hybridized carbons (Fsp3) is 0.692. The van der Waals surface area contributed by atoms with Crippen molar-refractivity contribution in [3.05, 3.63) is 12.0 Å². The highest BCUT2D eigenvalue weighted by molar-refractivity contribution is 5.44. The molecule has 1 aliphatic rings. The van der Waals surface area contributed by atoms with Gasteiger partial charge in [0.25, 0.3) is 0 Å². The van der Waals surface area contributed by atoms with Gasteiger partial charge in [0, 0.05) is 26.2 Å². The molecule has 0 aliphatic carbocycles. The second-order valence-corrected chi connectivity index (χ2v) is 4.94. The van der Waals surface area contributed by atoms with Crippen molar-refractivity contribution in [2.75, 3.05) is 50.0 Å². The van der Waals surface area contributed by atoms with Gasteiger partial charge in [-0.05, 0) is 26.4 Å². The van der Waals surface area contributed by atoms with Crippen molar-refractivity contribution in [1.29, 1.82) is 0 Å². The number of halogens is 1. The quantitative estimate of drug-likeness (QED) is 0.897. The highest BCUT2D eigenvalue weighted by Gasteiger charge is 2.18. The molecule has 0 spiro atoms. The van der Waals surface area contributed by atoms with E-state index in [0.717, 1.165) is 45.6 Å². The molecule has 0 aromatic carbocycles. The van der Waals surface area contributed by atoms with Crippen molar-refractivity contribution < 1.29 is 4.39 Å². The predicted octanol–water partition coefficient (Wildman–Crippen LogP) is 1.58. The Morgan fingerprint density at radius 1 is 1.32 bits per heavy atom. The molecule has 19 heavy (non-hydrogen) atoms. The van der Waals surface area contributed by atoms with Gasteiger partial charge in [-0.25, -0.2) is 9.37 Å². The summed E-state index contributed by atoms with van der Waals surface area (Å²) < 4.78 is 13.9. The van der Waals surface area contributed by atoms with Crippen LogP contribution in [0.25, 0.3) is 0 Å². The zero-order chi connectivity index (χ0) is 13.7. The number of aromatic nitrogens is 2. The molecule has 1 aromatic rings. The number of rotatable bonds is 4. The molecule has 2 rings (SSSR count). The molecule has 1 aliphatic heterocycles. The smallest absolute Gasteiger partial charge is 0.224 e. The van der Waals surface area contributed by atoms with Crippen LogP contribution in [0, 0.1) is 5.82 Å². The van der Waals surface area contributed by atoms with E-state index in [1.54, 1.807) is 0 Å². The minimum atomic E-state index is -0.341. The lowest BCUT2D eigenvalue weighted by molar-refractivity contribution is 0.360. The molecule has 2 heterocycles. The lowest BCUT2D eigenvalue weighted by Gasteiger charge is -2.22. The van der Waals surface area contributed by atoms with Crippen LogP contribution >= 0.6 is 0 Å². The van der Waals surface area contributed by atoms with Gasteiger partial charge in [0.1, 0.15) is 0 Å². The second-order valence-electron chi connectivity index (χ2n) is 4.94. The van der Waals surface area contributed by atoms with E-state index < -0.39 is 0 Å². The standard InChI is InChI=1S/C13H22FN5/c1-3-5-15-13-16-10-11(14)12(17-13)19-7-4-6-18(2)8-9-19/h10H,3-9H2,1-2H3,(H,15,16,17). The molecule has 0 bridgehead atoms. The molecule has 0 amide bonds. The Morgan fingerprint density at radius 3 is 2.95 bits per heavy atom. The van der Waals surface area contributed by atoms with Gasteiger partial charge in [-0.15, -0.1) is 0 Å². The minimum absolute atomic E-state index is 0.341. The van der Waals surface area contributed by atoms with Crippen LogP contribution in [0.1, 0.15) is 19.8 Å². The van der Waals surface area contributed by atoms with Gasteiger partial charge in [-0.2, -0.15) is 4.98 Å². The first-order valence-electron chi connectivity index (χ1n) is 6.90. The number of hydrogen-bond acceptors (Lipinski definition) is 5. The predicted molar refractivity (Wildman–Crippen MR) is 75.1 cm³/mol. The van der Waals surface area contributed by atoms with Crippen LogP contribution in [-0.2, 0) is 0 Å². The van der Waals surface area contributed by atoms with Crippen LogP contribution in [-0.4, -0.2) is 54.6 Å². The summed E-state index contributed by atoms with van der Waals surface area (Å²) in [5, 5.41) is 3.10. The summed E-state index contributed by atoms with van der Waals surface area (Å²) >= 11 is 0. The van der Waals surface area contributed by atoms with Crippen molar-refractivity contribution in [3.8, 4) is 0 Å². The maximum atomic E-state index is 13.9. The molecular formula is C13H22FN5. The molecule has 6 heteroatoms. The molecular weight excluding hydrogens is 245 g/mol. The highest BCUT2D eigenvalue weighted by atomic mass is 19.1. The van der Waals surface area contributed by atoms with Crippen molar-refractivity contribution in [1.82, 2.24) is 14.9 Å². The molecule has 5 nitrogen and oxygen atoms in total. The molecule has 1 aromatic heterocycles. The van der Waals surface area contributed by atoms with Gasteiger partial charge in [0.05, 0.1) is 6.20 Å². The van der Waals surface area contributed by atoms with Crippen LogP contribution in [0.5, 0.6) is 0 Å². The Labute approximate surface area is 113 Å². The first-order chi connectivity index (χ1) is 9.20. The van der Waals surface area contributed by atoms with Gasteiger partial charge in [-0.3, -0.25) is 0 Å².